The molecule has 0 bridgehead atoms. The molecule has 0 aromatic carbocycles. The zero-order chi connectivity index (χ0) is 10.8. The monoisotopic (exact) mass is 212 g/mol. The van der Waals surface area contributed by atoms with Crippen molar-refractivity contribution in [3.63, 3.8) is 0 Å². The molecule has 2 unspecified atom stereocenters. The first-order chi connectivity index (χ1) is 7.20. The van der Waals surface area contributed by atoms with Gasteiger partial charge in [-0.3, -0.25) is 0 Å². The van der Waals surface area contributed by atoms with E-state index < -0.39 is 0 Å². The standard InChI is InChI=1S/C9H16N4O2/c1-3-13(2)9-11-8(15-12-9)7-4-6(14)5-10-7/h6-7,10,14H,3-5H2,1-2H3. The number of nitrogens with one attached hydrogen (secondary N) is 1. The zero-order valence-corrected chi connectivity index (χ0v) is 8.97. The number of hydrogen-bond acceptors (Lipinski definition) is 6. The highest BCUT2D eigenvalue weighted by Gasteiger charge is 2.28. The van der Waals surface area contributed by atoms with Crippen LogP contribution in [0.3, 0.4) is 0 Å². The van der Waals surface area contributed by atoms with Gasteiger partial charge in [-0.1, -0.05) is 0 Å². The first kappa shape index (κ1) is 10.4. The van der Waals surface area contributed by atoms with Gasteiger partial charge in [-0.15, -0.1) is 0 Å². The number of hydrogen-bond donors (Lipinski definition) is 2. The molecular weight excluding hydrogens is 196 g/mol. The van der Waals surface area contributed by atoms with Crippen molar-refractivity contribution in [2.24, 2.45) is 0 Å². The van der Waals surface area contributed by atoms with Gasteiger partial charge in [0.25, 0.3) is 5.95 Å². The maximum atomic E-state index is 9.36. The average molecular weight is 212 g/mol. The lowest BCUT2D eigenvalue weighted by atomic mass is 10.2. The van der Waals surface area contributed by atoms with Gasteiger partial charge in [-0.25, -0.2) is 0 Å². The molecule has 6 heteroatoms. The molecule has 2 heterocycles. The quantitative estimate of drug-likeness (QED) is 0.730. The zero-order valence-electron chi connectivity index (χ0n) is 8.97. The summed E-state index contributed by atoms with van der Waals surface area (Å²) in [6.45, 7) is 3.44. The van der Waals surface area contributed by atoms with E-state index >= 15 is 0 Å². The van der Waals surface area contributed by atoms with Crippen molar-refractivity contribution in [3.05, 3.63) is 5.89 Å². The van der Waals surface area contributed by atoms with Gasteiger partial charge in [0.05, 0.1) is 12.1 Å². The smallest absolute Gasteiger partial charge is 0.265 e. The van der Waals surface area contributed by atoms with E-state index in [1.807, 2.05) is 18.9 Å². The highest BCUT2D eigenvalue weighted by Crippen LogP contribution is 2.23. The molecule has 1 aromatic rings. The molecular formula is C9H16N4O2. The van der Waals surface area contributed by atoms with Crippen LogP contribution in [0, 0.1) is 0 Å². The molecule has 1 aliphatic rings. The Morgan fingerprint density at radius 2 is 2.47 bits per heavy atom. The van der Waals surface area contributed by atoms with E-state index in [2.05, 4.69) is 15.5 Å². The van der Waals surface area contributed by atoms with E-state index in [0.29, 0.717) is 24.8 Å². The highest BCUT2D eigenvalue weighted by atomic mass is 16.5. The number of aliphatic hydroxyl groups excluding tert-OH is 1. The molecule has 0 spiro atoms. The predicted molar refractivity (Wildman–Crippen MR) is 54.6 cm³/mol. The SMILES string of the molecule is CCN(C)c1noc(C2CC(O)CN2)n1. The second-order valence-corrected chi connectivity index (χ2v) is 3.80. The van der Waals surface area contributed by atoms with Crippen LogP contribution in [0.1, 0.15) is 25.3 Å². The number of rotatable bonds is 3. The van der Waals surface area contributed by atoms with E-state index in [0.717, 1.165) is 6.54 Å². The number of aliphatic hydroxyl groups is 1. The topological polar surface area (TPSA) is 74.4 Å². The Morgan fingerprint density at radius 1 is 1.67 bits per heavy atom. The van der Waals surface area contributed by atoms with Crippen LogP contribution < -0.4 is 10.2 Å². The van der Waals surface area contributed by atoms with E-state index in [1.165, 1.54) is 0 Å². The van der Waals surface area contributed by atoms with Gasteiger partial charge in [0.2, 0.25) is 5.89 Å². The number of β-amino-alcohol motifs (C(OH)–C–C–N with tert-alkyl or cyclic N) is 1. The Balaban J connectivity index is 2.07. The van der Waals surface area contributed by atoms with Crippen LogP contribution in [0.5, 0.6) is 0 Å². The lowest BCUT2D eigenvalue weighted by Crippen LogP contribution is -2.18. The Bertz CT molecular complexity index is 328. The highest BCUT2D eigenvalue weighted by molar-refractivity contribution is 5.25. The van der Waals surface area contributed by atoms with Gasteiger partial charge < -0.3 is 19.8 Å². The van der Waals surface area contributed by atoms with Gasteiger partial charge in [-0.2, -0.15) is 4.98 Å². The Morgan fingerprint density at radius 3 is 3.07 bits per heavy atom. The van der Waals surface area contributed by atoms with Gasteiger partial charge in [0, 0.05) is 20.1 Å². The molecule has 15 heavy (non-hydrogen) atoms. The fourth-order valence-corrected chi connectivity index (χ4v) is 1.57. The van der Waals surface area contributed by atoms with Crippen molar-refractivity contribution in [2.45, 2.75) is 25.5 Å². The molecule has 0 saturated carbocycles. The predicted octanol–water partition coefficient (Wildman–Crippen LogP) is -0.0790. The summed E-state index contributed by atoms with van der Waals surface area (Å²) in [5.74, 6) is 1.15. The average Bonchev–Trinajstić information content (AvgIpc) is 2.84. The molecule has 2 rings (SSSR count). The van der Waals surface area contributed by atoms with Crippen molar-refractivity contribution in [1.29, 1.82) is 0 Å². The van der Waals surface area contributed by atoms with Crippen LogP contribution in [0.4, 0.5) is 5.95 Å². The molecule has 1 aromatic heterocycles. The third-order valence-electron chi connectivity index (χ3n) is 2.65. The molecule has 1 aliphatic heterocycles. The van der Waals surface area contributed by atoms with Crippen LogP contribution >= 0.6 is 0 Å². The molecule has 0 aliphatic carbocycles. The van der Waals surface area contributed by atoms with E-state index in [-0.39, 0.29) is 12.1 Å². The van der Waals surface area contributed by atoms with Gasteiger partial charge in [-0.05, 0) is 18.5 Å². The van der Waals surface area contributed by atoms with Crippen LogP contribution in [0.2, 0.25) is 0 Å². The molecule has 6 nitrogen and oxygen atoms in total. The van der Waals surface area contributed by atoms with Crippen LogP contribution in [0.25, 0.3) is 0 Å². The summed E-state index contributed by atoms with van der Waals surface area (Å²) in [6.07, 6.45) is 0.326. The molecule has 1 saturated heterocycles. The first-order valence-electron chi connectivity index (χ1n) is 5.17. The molecule has 1 fully saturated rings. The summed E-state index contributed by atoms with van der Waals surface area (Å²) in [5.41, 5.74) is 0. The third-order valence-corrected chi connectivity index (χ3v) is 2.65. The fourth-order valence-electron chi connectivity index (χ4n) is 1.57. The van der Waals surface area contributed by atoms with Crippen LogP contribution in [-0.4, -0.2) is 41.5 Å². The Hall–Kier alpha value is -1.14. The minimum atomic E-state index is -0.311. The summed E-state index contributed by atoms with van der Waals surface area (Å²) < 4.78 is 5.14. The van der Waals surface area contributed by atoms with Crippen LogP contribution in [-0.2, 0) is 0 Å². The summed E-state index contributed by atoms with van der Waals surface area (Å²) in [6, 6.07) is -0.00786. The summed E-state index contributed by atoms with van der Waals surface area (Å²) in [5, 5.41) is 16.4. The minimum absolute atomic E-state index is 0.00786. The minimum Gasteiger partial charge on any atom is -0.392 e. The molecule has 2 atom stereocenters. The lowest BCUT2D eigenvalue weighted by Gasteiger charge is -2.09. The van der Waals surface area contributed by atoms with Crippen molar-refractivity contribution in [1.82, 2.24) is 15.5 Å². The third kappa shape index (κ3) is 2.10. The Labute approximate surface area is 88.3 Å². The van der Waals surface area contributed by atoms with E-state index in [4.69, 9.17) is 4.52 Å². The molecule has 0 radical (unpaired) electrons. The molecule has 84 valence electrons. The fraction of sp³-hybridized carbons (Fsp3) is 0.778. The summed E-state index contributed by atoms with van der Waals surface area (Å²) in [4.78, 5) is 6.17. The maximum absolute atomic E-state index is 9.36. The van der Waals surface area contributed by atoms with Crippen molar-refractivity contribution in [3.8, 4) is 0 Å². The van der Waals surface area contributed by atoms with Crippen LogP contribution in [0.15, 0.2) is 4.52 Å². The van der Waals surface area contributed by atoms with Gasteiger partial charge >= 0.3 is 0 Å². The van der Waals surface area contributed by atoms with Crippen molar-refractivity contribution >= 4 is 5.95 Å². The summed E-state index contributed by atoms with van der Waals surface area (Å²) in [7, 11) is 1.91. The normalized spacial score (nSPS) is 25.8. The molecule has 2 N–H and O–H groups in total. The Kier molecular flexibility index (Phi) is 2.88. The first-order valence-corrected chi connectivity index (χ1v) is 5.17. The van der Waals surface area contributed by atoms with E-state index in [1.54, 1.807) is 0 Å². The largest absolute Gasteiger partial charge is 0.392 e. The number of nitrogens with zero attached hydrogens (tertiary/aromatic N) is 3. The molecule has 0 amide bonds. The summed E-state index contributed by atoms with van der Waals surface area (Å²) >= 11 is 0. The van der Waals surface area contributed by atoms with Crippen molar-refractivity contribution in [2.75, 3.05) is 25.0 Å². The number of anilines is 1. The lowest BCUT2D eigenvalue weighted by molar-refractivity contribution is 0.191. The maximum Gasteiger partial charge on any atom is 0.265 e. The second kappa shape index (κ2) is 4.16. The number of aromatic nitrogens is 2. The van der Waals surface area contributed by atoms with Gasteiger partial charge in [0.1, 0.15) is 0 Å². The second-order valence-electron chi connectivity index (χ2n) is 3.80. The van der Waals surface area contributed by atoms with Crippen molar-refractivity contribution < 1.29 is 9.63 Å². The van der Waals surface area contributed by atoms with E-state index in [9.17, 15) is 5.11 Å². The van der Waals surface area contributed by atoms with Gasteiger partial charge in [0.15, 0.2) is 0 Å².